The van der Waals surface area contributed by atoms with Crippen LogP contribution in [0.5, 0.6) is 5.75 Å². The molecule has 0 heterocycles. The van der Waals surface area contributed by atoms with E-state index in [0.29, 0.717) is 18.3 Å². The van der Waals surface area contributed by atoms with Crippen molar-refractivity contribution in [3.8, 4) is 5.75 Å². The van der Waals surface area contributed by atoms with E-state index in [0.717, 1.165) is 56.6 Å². The highest BCUT2D eigenvalue weighted by atomic mass is 16.3. The molecule has 0 radical (unpaired) electrons. The Bertz CT molecular complexity index is 607. The number of nitrogens with zero attached hydrogens (tertiary/aromatic N) is 1. The van der Waals surface area contributed by atoms with Gasteiger partial charge in [-0.1, -0.05) is 6.07 Å². The van der Waals surface area contributed by atoms with E-state index < -0.39 is 0 Å². The van der Waals surface area contributed by atoms with Gasteiger partial charge in [0.05, 0.1) is 12.6 Å². The van der Waals surface area contributed by atoms with Crippen molar-refractivity contribution in [3.63, 3.8) is 0 Å². The number of aliphatic hydroxyl groups is 1. The molecular formula is C20H31N3O2. The Morgan fingerprint density at radius 3 is 2.68 bits per heavy atom. The average Bonchev–Trinajstić information content (AvgIpc) is 2.63. The van der Waals surface area contributed by atoms with Crippen LogP contribution in [0.3, 0.4) is 0 Å². The van der Waals surface area contributed by atoms with E-state index in [1.54, 1.807) is 0 Å². The molecule has 25 heavy (non-hydrogen) atoms. The number of phenolic OH excluding ortho intramolecular Hbond substituents is 1. The molecule has 0 atom stereocenters. The van der Waals surface area contributed by atoms with Gasteiger partial charge in [-0.25, -0.2) is 4.99 Å². The normalized spacial score (nSPS) is 23.8. The molecule has 2 aliphatic carbocycles. The Morgan fingerprint density at radius 2 is 1.92 bits per heavy atom. The fourth-order valence-corrected chi connectivity index (χ4v) is 3.96. The van der Waals surface area contributed by atoms with E-state index in [4.69, 9.17) is 4.99 Å². The van der Waals surface area contributed by atoms with Crippen LogP contribution in [0.2, 0.25) is 0 Å². The number of fused-ring (bicyclic) bond motifs is 1. The van der Waals surface area contributed by atoms with E-state index in [1.165, 1.54) is 24.0 Å². The second-order valence-electron chi connectivity index (χ2n) is 7.25. The van der Waals surface area contributed by atoms with Gasteiger partial charge >= 0.3 is 0 Å². The van der Waals surface area contributed by atoms with Crippen LogP contribution < -0.4 is 10.6 Å². The highest BCUT2D eigenvalue weighted by Crippen LogP contribution is 2.31. The van der Waals surface area contributed by atoms with Gasteiger partial charge in [-0.15, -0.1) is 0 Å². The van der Waals surface area contributed by atoms with Crippen LogP contribution in [0.25, 0.3) is 0 Å². The lowest BCUT2D eigenvalue weighted by Crippen LogP contribution is -2.45. The summed E-state index contributed by atoms with van der Waals surface area (Å²) >= 11 is 0. The number of hydrogen-bond acceptors (Lipinski definition) is 3. The molecule has 1 aromatic rings. The van der Waals surface area contributed by atoms with Crippen molar-refractivity contribution in [1.82, 2.24) is 10.6 Å². The summed E-state index contributed by atoms with van der Waals surface area (Å²) in [5.41, 5.74) is 3.65. The second-order valence-corrected chi connectivity index (χ2v) is 7.25. The molecule has 3 rings (SSSR count). The first kappa shape index (κ1) is 18.1. The third kappa shape index (κ3) is 4.66. The SMILES string of the molecule is CCNC(=NCc1c(O)ccc2c1CCCC2)NC1CCC(O)CC1. The molecule has 0 aliphatic heterocycles. The molecule has 0 amide bonds. The van der Waals surface area contributed by atoms with Crippen molar-refractivity contribution in [1.29, 1.82) is 0 Å². The van der Waals surface area contributed by atoms with Gasteiger partial charge in [0, 0.05) is 18.2 Å². The van der Waals surface area contributed by atoms with Gasteiger partial charge in [0.2, 0.25) is 0 Å². The minimum absolute atomic E-state index is 0.148. The van der Waals surface area contributed by atoms with E-state index in [-0.39, 0.29) is 6.10 Å². The number of aliphatic imine (C=N–C) groups is 1. The minimum Gasteiger partial charge on any atom is -0.508 e. The summed E-state index contributed by atoms with van der Waals surface area (Å²) in [6.07, 6.45) is 8.07. The van der Waals surface area contributed by atoms with Crippen molar-refractivity contribution in [3.05, 3.63) is 28.8 Å². The molecule has 1 saturated carbocycles. The van der Waals surface area contributed by atoms with Crippen molar-refractivity contribution in [2.45, 2.75) is 77.0 Å². The van der Waals surface area contributed by atoms with Crippen LogP contribution in [0, 0.1) is 0 Å². The number of guanidine groups is 1. The predicted octanol–water partition coefficient (Wildman–Crippen LogP) is 2.63. The first-order valence-electron chi connectivity index (χ1n) is 9.73. The maximum absolute atomic E-state index is 10.3. The predicted molar refractivity (Wildman–Crippen MR) is 101 cm³/mol. The smallest absolute Gasteiger partial charge is 0.191 e. The number of rotatable bonds is 4. The Kier molecular flexibility index (Phi) is 6.19. The highest BCUT2D eigenvalue weighted by molar-refractivity contribution is 5.80. The molecule has 1 aromatic carbocycles. The maximum Gasteiger partial charge on any atom is 0.191 e. The lowest BCUT2D eigenvalue weighted by molar-refractivity contribution is 0.120. The first-order valence-corrected chi connectivity index (χ1v) is 9.73. The monoisotopic (exact) mass is 345 g/mol. The molecule has 5 heteroatoms. The van der Waals surface area contributed by atoms with Crippen molar-refractivity contribution in [2.24, 2.45) is 4.99 Å². The molecule has 138 valence electrons. The van der Waals surface area contributed by atoms with Crippen LogP contribution in [0.15, 0.2) is 17.1 Å². The van der Waals surface area contributed by atoms with Gasteiger partial charge < -0.3 is 20.8 Å². The summed E-state index contributed by atoms with van der Waals surface area (Å²) in [4.78, 5) is 4.74. The molecular weight excluding hydrogens is 314 g/mol. The standard InChI is InChI=1S/C20H31N3O2/c1-2-21-20(23-15-8-10-16(24)11-9-15)22-13-18-17-6-4-3-5-14(17)7-12-19(18)25/h7,12,15-16,24-25H,2-6,8-11,13H2,1H3,(H2,21,22,23). The molecule has 5 nitrogen and oxygen atoms in total. The van der Waals surface area contributed by atoms with Crippen molar-refractivity contribution < 1.29 is 10.2 Å². The van der Waals surface area contributed by atoms with Crippen LogP contribution in [-0.4, -0.2) is 34.9 Å². The number of aromatic hydroxyl groups is 1. The first-order chi connectivity index (χ1) is 12.2. The van der Waals surface area contributed by atoms with Gasteiger partial charge in [-0.3, -0.25) is 0 Å². The number of phenols is 1. The largest absolute Gasteiger partial charge is 0.508 e. The maximum atomic E-state index is 10.3. The highest BCUT2D eigenvalue weighted by Gasteiger charge is 2.20. The van der Waals surface area contributed by atoms with Gasteiger partial charge in [-0.2, -0.15) is 0 Å². The van der Waals surface area contributed by atoms with E-state index in [9.17, 15) is 10.2 Å². The Labute approximate surface area is 150 Å². The quantitative estimate of drug-likeness (QED) is 0.500. The number of aliphatic hydroxyl groups excluding tert-OH is 1. The summed E-state index contributed by atoms with van der Waals surface area (Å²) in [6, 6.07) is 4.24. The number of aryl methyl sites for hydroxylation is 1. The Morgan fingerprint density at radius 1 is 1.16 bits per heavy atom. The van der Waals surface area contributed by atoms with Crippen LogP contribution in [0.4, 0.5) is 0 Å². The Balaban J connectivity index is 1.71. The zero-order valence-corrected chi connectivity index (χ0v) is 15.2. The lowest BCUT2D eigenvalue weighted by Gasteiger charge is -2.27. The van der Waals surface area contributed by atoms with E-state index in [2.05, 4.69) is 23.6 Å². The third-order valence-electron chi connectivity index (χ3n) is 5.40. The number of hydrogen-bond donors (Lipinski definition) is 4. The summed E-state index contributed by atoms with van der Waals surface area (Å²) in [5.74, 6) is 1.16. The second kappa shape index (κ2) is 8.56. The molecule has 1 fully saturated rings. The Hall–Kier alpha value is -1.75. The summed E-state index contributed by atoms with van der Waals surface area (Å²) in [6.45, 7) is 3.36. The molecule has 0 aromatic heterocycles. The number of benzene rings is 1. The number of nitrogens with one attached hydrogen (secondary N) is 2. The fraction of sp³-hybridized carbons (Fsp3) is 0.650. The molecule has 2 aliphatic rings. The van der Waals surface area contributed by atoms with Gasteiger partial charge in [-0.05, 0) is 75.5 Å². The summed E-state index contributed by atoms with van der Waals surface area (Å²) in [5, 5.41) is 26.8. The van der Waals surface area contributed by atoms with Crippen LogP contribution in [-0.2, 0) is 19.4 Å². The third-order valence-corrected chi connectivity index (χ3v) is 5.40. The van der Waals surface area contributed by atoms with Gasteiger partial charge in [0.25, 0.3) is 0 Å². The molecule has 0 spiro atoms. The van der Waals surface area contributed by atoms with E-state index >= 15 is 0 Å². The van der Waals surface area contributed by atoms with Gasteiger partial charge in [0.15, 0.2) is 5.96 Å². The topological polar surface area (TPSA) is 76.9 Å². The summed E-state index contributed by atoms with van der Waals surface area (Å²) < 4.78 is 0. The van der Waals surface area contributed by atoms with Gasteiger partial charge in [0.1, 0.15) is 5.75 Å². The lowest BCUT2D eigenvalue weighted by atomic mass is 9.88. The van der Waals surface area contributed by atoms with Crippen LogP contribution >= 0.6 is 0 Å². The fourth-order valence-electron chi connectivity index (χ4n) is 3.96. The van der Waals surface area contributed by atoms with Crippen molar-refractivity contribution >= 4 is 5.96 Å². The molecule has 0 bridgehead atoms. The van der Waals surface area contributed by atoms with Crippen molar-refractivity contribution in [2.75, 3.05) is 6.54 Å². The molecule has 0 saturated heterocycles. The summed E-state index contributed by atoms with van der Waals surface area (Å²) in [7, 11) is 0. The van der Waals surface area contributed by atoms with Crippen LogP contribution in [0.1, 0.15) is 62.1 Å². The minimum atomic E-state index is -0.148. The zero-order valence-electron chi connectivity index (χ0n) is 15.2. The molecule has 4 N–H and O–H groups in total. The average molecular weight is 345 g/mol. The van der Waals surface area contributed by atoms with E-state index in [1.807, 2.05) is 6.07 Å². The zero-order chi connectivity index (χ0) is 17.6. The molecule has 0 unspecified atom stereocenters.